The minimum Gasteiger partial charge on any atom is -0.494 e. The first kappa shape index (κ1) is 19.2. The molecule has 0 saturated carbocycles. The number of rotatable bonds is 4. The molecule has 0 amide bonds. The van der Waals surface area contributed by atoms with E-state index in [0.717, 1.165) is 5.56 Å². The molecule has 3 N–H and O–H groups in total. The number of carboxylic acids is 1. The van der Waals surface area contributed by atoms with Crippen LogP contribution in [-0.2, 0) is 6.54 Å². The topological polar surface area (TPSA) is 75.8 Å². The average Bonchev–Trinajstić information content (AvgIpc) is 2.16. The van der Waals surface area contributed by atoms with Crippen LogP contribution in [0.4, 0.5) is 5.69 Å². The SMILES string of the molecule is COc1c(N)cc(C(=O)O)cc1CN(C)C.Cl.Cl. The largest absolute Gasteiger partial charge is 0.494 e. The maximum absolute atomic E-state index is 10.9. The van der Waals surface area contributed by atoms with E-state index in [0.29, 0.717) is 18.0 Å². The predicted octanol–water partition coefficient (Wildman–Crippen LogP) is 1.88. The Bertz CT molecular complexity index is 412. The molecule has 0 spiro atoms. The summed E-state index contributed by atoms with van der Waals surface area (Å²) in [5.74, 6) is -0.451. The Kier molecular flexibility index (Phi) is 8.55. The van der Waals surface area contributed by atoms with Crippen LogP contribution in [0.3, 0.4) is 0 Å². The van der Waals surface area contributed by atoms with Gasteiger partial charge < -0.3 is 20.5 Å². The number of nitrogens with zero attached hydrogens (tertiary/aromatic N) is 1. The summed E-state index contributed by atoms with van der Waals surface area (Å²) in [5.41, 5.74) is 7.03. The molecule has 18 heavy (non-hydrogen) atoms. The Morgan fingerprint density at radius 1 is 1.39 bits per heavy atom. The summed E-state index contributed by atoms with van der Waals surface area (Å²) in [6.45, 7) is 0.578. The van der Waals surface area contributed by atoms with Crippen molar-refractivity contribution < 1.29 is 14.6 Å². The number of carbonyl (C=O) groups is 1. The van der Waals surface area contributed by atoms with Gasteiger partial charge in [-0.2, -0.15) is 0 Å². The molecule has 1 aromatic rings. The first-order valence-corrected chi connectivity index (χ1v) is 4.80. The van der Waals surface area contributed by atoms with E-state index in [2.05, 4.69) is 0 Å². The summed E-state index contributed by atoms with van der Waals surface area (Å²) in [6.07, 6.45) is 0. The molecule has 0 atom stereocenters. The predicted molar refractivity (Wildman–Crippen MR) is 76.3 cm³/mol. The minimum absolute atomic E-state index is 0. The number of nitrogens with two attached hydrogens (primary N) is 1. The second-order valence-corrected chi connectivity index (χ2v) is 3.80. The number of hydrogen-bond acceptors (Lipinski definition) is 4. The first-order chi connectivity index (χ1) is 7.45. The number of carboxylic acid groups (broad SMARTS) is 1. The van der Waals surface area contributed by atoms with E-state index in [1.807, 2.05) is 19.0 Å². The van der Waals surface area contributed by atoms with Crippen molar-refractivity contribution in [2.75, 3.05) is 26.9 Å². The molecule has 0 aromatic heterocycles. The van der Waals surface area contributed by atoms with Crippen LogP contribution in [0.15, 0.2) is 12.1 Å². The Balaban J connectivity index is 0. The third-order valence-electron chi connectivity index (χ3n) is 2.13. The van der Waals surface area contributed by atoms with E-state index in [-0.39, 0.29) is 30.4 Å². The molecule has 1 aromatic carbocycles. The van der Waals surface area contributed by atoms with E-state index in [9.17, 15) is 4.79 Å². The molecule has 104 valence electrons. The number of methoxy groups -OCH3 is 1. The van der Waals surface area contributed by atoms with Gasteiger partial charge in [0.05, 0.1) is 18.4 Å². The fraction of sp³-hybridized carbons (Fsp3) is 0.364. The maximum Gasteiger partial charge on any atom is 0.335 e. The quantitative estimate of drug-likeness (QED) is 0.830. The summed E-state index contributed by atoms with van der Waals surface area (Å²) in [6, 6.07) is 2.98. The van der Waals surface area contributed by atoms with Crippen LogP contribution in [0.1, 0.15) is 15.9 Å². The van der Waals surface area contributed by atoms with Gasteiger partial charge in [0.15, 0.2) is 0 Å². The molecule has 0 saturated heterocycles. The monoisotopic (exact) mass is 296 g/mol. The highest BCUT2D eigenvalue weighted by atomic mass is 35.5. The average molecular weight is 297 g/mol. The second-order valence-electron chi connectivity index (χ2n) is 3.80. The molecule has 0 aliphatic carbocycles. The molecule has 0 heterocycles. The van der Waals surface area contributed by atoms with E-state index in [4.69, 9.17) is 15.6 Å². The Hall–Kier alpha value is -1.17. The number of ether oxygens (including phenoxy) is 1. The van der Waals surface area contributed by atoms with E-state index in [1.54, 1.807) is 6.07 Å². The molecular weight excluding hydrogens is 279 g/mol. The van der Waals surface area contributed by atoms with Gasteiger partial charge in [-0.1, -0.05) is 0 Å². The highest BCUT2D eigenvalue weighted by molar-refractivity contribution is 5.90. The van der Waals surface area contributed by atoms with Crippen LogP contribution in [0.5, 0.6) is 5.75 Å². The maximum atomic E-state index is 10.9. The fourth-order valence-electron chi connectivity index (χ4n) is 1.54. The molecule has 7 heteroatoms. The number of benzene rings is 1. The smallest absolute Gasteiger partial charge is 0.335 e. The Morgan fingerprint density at radius 2 is 1.94 bits per heavy atom. The third kappa shape index (κ3) is 4.60. The lowest BCUT2D eigenvalue weighted by Gasteiger charge is -2.15. The minimum atomic E-state index is -0.991. The molecule has 0 bridgehead atoms. The van der Waals surface area contributed by atoms with Gasteiger partial charge in [0.2, 0.25) is 0 Å². The van der Waals surface area contributed by atoms with Crippen LogP contribution < -0.4 is 10.5 Å². The number of halogens is 2. The van der Waals surface area contributed by atoms with Crippen molar-refractivity contribution in [3.63, 3.8) is 0 Å². The van der Waals surface area contributed by atoms with Gasteiger partial charge in [-0.15, -0.1) is 24.8 Å². The summed E-state index contributed by atoms with van der Waals surface area (Å²) in [4.78, 5) is 12.8. The zero-order chi connectivity index (χ0) is 12.3. The third-order valence-corrected chi connectivity index (χ3v) is 2.13. The van der Waals surface area contributed by atoms with Crippen molar-refractivity contribution in [2.24, 2.45) is 0 Å². The normalized spacial score (nSPS) is 9.33. The second kappa shape index (κ2) is 8.02. The van der Waals surface area contributed by atoms with Gasteiger partial charge in [-0.25, -0.2) is 4.79 Å². The standard InChI is InChI=1S/C11H16N2O3.2ClH/c1-13(2)6-8-4-7(11(14)15)5-9(12)10(8)16-3;;/h4-5H,6,12H2,1-3H3,(H,14,15);2*1H. The van der Waals surface area contributed by atoms with Crippen molar-refractivity contribution in [2.45, 2.75) is 6.54 Å². The Morgan fingerprint density at radius 3 is 2.33 bits per heavy atom. The lowest BCUT2D eigenvalue weighted by molar-refractivity contribution is 0.0696. The van der Waals surface area contributed by atoms with Crippen LogP contribution in [0.25, 0.3) is 0 Å². The summed E-state index contributed by atoms with van der Waals surface area (Å²) in [7, 11) is 5.30. The van der Waals surface area contributed by atoms with E-state index in [1.165, 1.54) is 13.2 Å². The van der Waals surface area contributed by atoms with Crippen molar-refractivity contribution in [3.8, 4) is 5.75 Å². The van der Waals surface area contributed by atoms with Gasteiger partial charge in [0.1, 0.15) is 5.75 Å². The first-order valence-electron chi connectivity index (χ1n) is 4.80. The van der Waals surface area contributed by atoms with E-state index < -0.39 is 5.97 Å². The molecule has 0 unspecified atom stereocenters. The zero-order valence-corrected chi connectivity index (χ0v) is 12.1. The molecule has 1 rings (SSSR count). The van der Waals surface area contributed by atoms with Crippen LogP contribution in [-0.4, -0.2) is 37.2 Å². The van der Waals surface area contributed by atoms with Gasteiger partial charge in [0.25, 0.3) is 0 Å². The fourth-order valence-corrected chi connectivity index (χ4v) is 1.54. The molecule has 0 aliphatic rings. The molecule has 5 nitrogen and oxygen atoms in total. The van der Waals surface area contributed by atoms with Gasteiger partial charge in [-0.05, 0) is 26.2 Å². The molecule has 0 radical (unpaired) electrons. The number of aromatic carboxylic acids is 1. The van der Waals surface area contributed by atoms with Gasteiger partial charge in [-0.3, -0.25) is 0 Å². The van der Waals surface area contributed by atoms with Gasteiger partial charge in [0, 0.05) is 12.1 Å². The lowest BCUT2D eigenvalue weighted by atomic mass is 10.1. The lowest BCUT2D eigenvalue weighted by Crippen LogP contribution is -2.13. The van der Waals surface area contributed by atoms with Crippen molar-refractivity contribution in [1.29, 1.82) is 0 Å². The van der Waals surface area contributed by atoms with Crippen LogP contribution in [0.2, 0.25) is 0 Å². The van der Waals surface area contributed by atoms with Crippen molar-refractivity contribution in [3.05, 3.63) is 23.3 Å². The molecule has 0 aliphatic heterocycles. The highest BCUT2D eigenvalue weighted by Crippen LogP contribution is 2.28. The number of nitrogen functional groups attached to an aromatic ring is 1. The van der Waals surface area contributed by atoms with Gasteiger partial charge >= 0.3 is 5.97 Å². The summed E-state index contributed by atoms with van der Waals surface area (Å²) >= 11 is 0. The van der Waals surface area contributed by atoms with Crippen molar-refractivity contribution >= 4 is 36.5 Å². The summed E-state index contributed by atoms with van der Waals surface area (Å²) in [5, 5.41) is 8.92. The zero-order valence-electron chi connectivity index (χ0n) is 10.5. The molecular formula is C11H18Cl2N2O3. The molecule has 0 fully saturated rings. The van der Waals surface area contributed by atoms with E-state index >= 15 is 0 Å². The highest BCUT2D eigenvalue weighted by Gasteiger charge is 2.13. The summed E-state index contributed by atoms with van der Waals surface area (Å²) < 4.78 is 5.17. The number of anilines is 1. The van der Waals surface area contributed by atoms with Crippen LogP contribution >= 0.6 is 24.8 Å². The van der Waals surface area contributed by atoms with Crippen molar-refractivity contribution in [1.82, 2.24) is 4.90 Å². The Labute approximate surface area is 119 Å². The number of hydrogen-bond donors (Lipinski definition) is 2. The van der Waals surface area contributed by atoms with Crippen LogP contribution in [0, 0.1) is 0 Å².